The van der Waals surface area contributed by atoms with E-state index in [-0.39, 0.29) is 12.5 Å². The molecule has 0 bridgehead atoms. The summed E-state index contributed by atoms with van der Waals surface area (Å²) in [5.41, 5.74) is 0.605. The van der Waals surface area contributed by atoms with Gasteiger partial charge in [-0.1, -0.05) is 13.8 Å². The minimum absolute atomic E-state index is 0.171. The molecule has 0 fully saturated rings. The molecule has 1 rings (SSSR count). The van der Waals surface area contributed by atoms with E-state index in [9.17, 15) is 9.59 Å². The lowest BCUT2D eigenvalue weighted by Gasteiger charge is -2.20. The average Bonchev–Trinajstić information content (AvgIpc) is 2.85. The Hall–Kier alpha value is -2.05. The van der Waals surface area contributed by atoms with E-state index < -0.39 is 5.97 Å². The standard InChI is InChI=1S/C13H22N4O3/c1-9(2)10(3-4-12(18)19)5-6-14-13(20)17-11-7-15-16-8-11/h7-10H,3-6H2,1-2H3,(H,15,16)(H,18,19)(H2,14,17,20). The van der Waals surface area contributed by atoms with Crippen LogP contribution < -0.4 is 10.6 Å². The minimum atomic E-state index is -0.777. The van der Waals surface area contributed by atoms with Gasteiger partial charge in [-0.05, 0) is 24.7 Å². The van der Waals surface area contributed by atoms with Crippen LogP contribution in [0.4, 0.5) is 10.5 Å². The van der Waals surface area contributed by atoms with Crippen LogP contribution in [-0.2, 0) is 4.79 Å². The van der Waals surface area contributed by atoms with Crippen molar-refractivity contribution in [3.8, 4) is 0 Å². The van der Waals surface area contributed by atoms with Crippen molar-refractivity contribution in [2.75, 3.05) is 11.9 Å². The van der Waals surface area contributed by atoms with Crippen LogP contribution in [0.5, 0.6) is 0 Å². The lowest BCUT2D eigenvalue weighted by molar-refractivity contribution is -0.137. The number of carbonyl (C=O) groups is 2. The number of H-pyrrole nitrogens is 1. The summed E-state index contributed by atoms with van der Waals surface area (Å²) in [7, 11) is 0. The normalized spacial score (nSPS) is 12.2. The topological polar surface area (TPSA) is 107 Å². The van der Waals surface area contributed by atoms with Gasteiger partial charge in [0.05, 0.1) is 11.9 Å². The number of anilines is 1. The molecular weight excluding hydrogens is 260 g/mol. The number of hydrogen-bond acceptors (Lipinski definition) is 3. The van der Waals surface area contributed by atoms with Gasteiger partial charge in [-0.3, -0.25) is 9.89 Å². The van der Waals surface area contributed by atoms with Gasteiger partial charge >= 0.3 is 12.0 Å². The van der Waals surface area contributed by atoms with Crippen LogP contribution in [0.3, 0.4) is 0 Å². The van der Waals surface area contributed by atoms with Gasteiger partial charge in [0.25, 0.3) is 0 Å². The highest BCUT2D eigenvalue weighted by Crippen LogP contribution is 2.20. The number of nitrogens with one attached hydrogen (secondary N) is 3. The Morgan fingerprint density at radius 1 is 1.40 bits per heavy atom. The quantitative estimate of drug-likeness (QED) is 0.585. The molecule has 1 heterocycles. The average molecular weight is 282 g/mol. The molecule has 0 saturated heterocycles. The molecule has 20 heavy (non-hydrogen) atoms. The molecule has 0 aliphatic carbocycles. The first-order valence-electron chi connectivity index (χ1n) is 6.74. The number of carboxylic acid groups (broad SMARTS) is 1. The van der Waals surface area contributed by atoms with E-state index in [0.29, 0.717) is 30.5 Å². The second kappa shape index (κ2) is 8.19. The maximum Gasteiger partial charge on any atom is 0.319 e. The first kappa shape index (κ1) is 16.0. The molecule has 7 nitrogen and oxygen atoms in total. The highest BCUT2D eigenvalue weighted by atomic mass is 16.4. The molecule has 0 aliphatic rings. The van der Waals surface area contributed by atoms with Crippen molar-refractivity contribution in [3.05, 3.63) is 12.4 Å². The second-order valence-corrected chi connectivity index (χ2v) is 5.09. The molecule has 1 aromatic heterocycles. The number of nitrogens with zero attached hydrogens (tertiary/aromatic N) is 1. The maximum atomic E-state index is 11.6. The summed E-state index contributed by atoms with van der Waals surface area (Å²) in [5.74, 6) is -0.0882. The Morgan fingerprint density at radius 2 is 2.15 bits per heavy atom. The van der Waals surface area contributed by atoms with Crippen LogP contribution in [0.25, 0.3) is 0 Å². The van der Waals surface area contributed by atoms with E-state index in [4.69, 9.17) is 5.11 Å². The van der Waals surface area contributed by atoms with Gasteiger partial charge in [0.2, 0.25) is 0 Å². The molecule has 7 heteroatoms. The molecular formula is C13H22N4O3. The zero-order valence-electron chi connectivity index (χ0n) is 11.8. The van der Waals surface area contributed by atoms with Crippen LogP contribution in [0.2, 0.25) is 0 Å². The van der Waals surface area contributed by atoms with Gasteiger partial charge in [-0.2, -0.15) is 5.10 Å². The zero-order valence-corrected chi connectivity index (χ0v) is 11.8. The summed E-state index contributed by atoms with van der Waals surface area (Å²) < 4.78 is 0. The number of carboxylic acids is 1. The van der Waals surface area contributed by atoms with Crippen LogP contribution in [0.1, 0.15) is 33.1 Å². The number of aromatic amines is 1. The Labute approximate surface area is 118 Å². The van der Waals surface area contributed by atoms with Crippen molar-refractivity contribution in [3.63, 3.8) is 0 Å². The second-order valence-electron chi connectivity index (χ2n) is 5.09. The van der Waals surface area contributed by atoms with E-state index in [1.165, 1.54) is 6.20 Å². The predicted octanol–water partition coefficient (Wildman–Crippen LogP) is 2.06. The Kier molecular flexibility index (Phi) is 6.55. The first-order chi connectivity index (χ1) is 9.49. The molecule has 1 atom stereocenters. The monoisotopic (exact) mass is 282 g/mol. The van der Waals surface area contributed by atoms with Crippen LogP contribution in [-0.4, -0.2) is 33.8 Å². The number of urea groups is 1. The highest BCUT2D eigenvalue weighted by molar-refractivity contribution is 5.88. The molecule has 4 N–H and O–H groups in total. The number of aromatic nitrogens is 2. The molecule has 0 aliphatic heterocycles. The molecule has 0 spiro atoms. The Bertz CT molecular complexity index is 417. The van der Waals surface area contributed by atoms with Gasteiger partial charge < -0.3 is 15.7 Å². The summed E-state index contributed by atoms with van der Waals surface area (Å²) >= 11 is 0. The number of aliphatic carboxylic acids is 1. The number of amides is 2. The highest BCUT2D eigenvalue weighted by Gasteiger charge is 2.15. The molecule has 0 aromatic carbocycles. The molecule has 1 aromatic rings. The zero-order chi connectivity index (χ0) is 15.0. The van der Waals surface area contributed by atoms with Crippen molar-refractivity contribution in [2.24, 2.45) is 11.8 Å². The summed E-state index contributed by atoms with van der Waals surface area (Å²) in [6.07, 6.45) is 4.68. The predicted molar refractivity (Wildman–Crippen MR) is 75.4 cm³/mol. The van der Waals surface area contributed by atoms with Crippen LogP contribution in [0.15, 0.2) is 12.4 Å². The molecule has 1 unspecified atom stereocenters. The van der Waals surface area contributed by atoms with Crippen molar-refractivity contribution >= 4 is 17.7 Å². The van der Waals surface area contributed by atoms with E-state index in [2.05, 4.69) is 34.7 Å². The summed E-state index contributed by atoms with van der Waals surface area (Å²) in [6, 6.07) is -0.285. The van der Waals surface area contributed by atoms with Gasteiger partial charge in [-0.25, -0.2) is 4.79 Å². The van der Waals surface area contributed by atoms with E-state index in [1.807, 2.05) is 0 Å². The van der Waals surface area contributed by atoms with Gasteiger partial charge in [0.15, 0.2) is 0 Å². The lowest BCUT2D eigenvalue weighted by atomic mass is 9.88. The summed E-state index contributed by atoms with van der Waals surface area (Å²) in [5, 5.41) is 20.4. The van der Waals surface area contributed by atoms with Crippen LogP contribution in [0, 0.1) is 11.8 Å². The summed E-state index contributed by atoms with van der Waals surface area (Å²) in [6.45, 7) is 4.66. The smallest absolute Gasteiger partial charge is 0.319 e. The number of hydrogen-bond donors (Lipinski definition) is 4. The van der Waals surface area contributed by atoms with Crippen molar-refractivity contribution in [2.45, 2.75) is 33.1 Å². The van der Waals surface area contributed by atoms with Crippen molar-refractivity contribution in [1.82, 2.24) is 15.5 Å². The fourth-order valence-electron chi connectivity index (χ4n) is 1.99. The third-order valence-corrected chi connectivity index (χ3v) is 3.23. The SMILES string of the molecule is CC(C)C(CCNC(=O)Nc1cn[nH]c1)CCC(=O)O. The minimum Gasteiger partial charge on any atom is -0.481 e. The first-order valence-corrected chi connectivity index (χ1v) is 6.74. The van der Waals surface area contributed by atoms with Gasteiger partial charge in [-0.15, -0.1) is 0 Å². The largest absolute Gasteiger partial charge is 0.481 e. The Balaban J connectivity index is 2.25. The fourth-order valence-corrected chi connectivity index (χ4v) is 1.99. The van der Waals surface area contributed by atoms with Gasteiger partial charge in [0, 0.05) is 19.2 Å². The lowest BCUT2D eigenvalue weighted by Crippen LogP contribution is -2.31. The molecule has 0 saturated carbocycles. The number of rotatable bonds is 8. The van der Waals surface area contributed by atoms with Crippen LogP contribution >= 0.6 is 0 Å². The third-order valence-electron chi connectivity index (χ3n) is 3.23. The van der Waals surface area contributed by atoms with E-state index >= 15 is 0 Å². The fraction of sp³-hybridized carbons (Fsp3) is 0.615. The number of carbonyl (C=O) groups excluding carboxylic acids is 1. The summed E-state index contributed by atoms with van der Waals surface area (Å²) in [4.78, 5) is 22.2. The maximum absolute atomic E-state index is 11.6. The Morgan fingerprint density at radius 3 is 2.70 bits per heavy atom. The molecule has 0 radical (unpaired) electrons. The molecule has 2 amide bonds. The van der Waals surface area contributed by atoms with Crippen molar-refractivity contribution in [1.29, 1.82) is 0 Å². The van der Waals surface area contributed by atoms with Crippen molar-refractivity contribution < 1.29 is 14.7 Å². The van der Waals surface area contributed by atoms with Gasteiger partial charge in [0.1, 0.15) is 0 Å². The third kappa shape index (κ3) is 6.21. The van der Waals surface area contributed by atoms with E-state index in [1.54, 1.807) is 6.20 Å². The van der Waals surface area contributed by atoms with E-state index in [0.717, 1.165) is 6.42 Å². The molecule has 112 valence electrons.